The number of rotatable bonds is 0. The molecule has 62 valence electrons. The topological polar surface area (TPSA) is 52.6 Å². The smallest absolute Gasteiger partial charge is 0.263 e. The van der Waals surface area contributed by atoms with E-state index in [1.807, 2.05) is 6.92 Å². The first-order valence-corrected chi connectivity index (χ1v) is 3.97. The van der Waals surface area contributed by atoms with Crippen molar-refractivity contribution in [3.63, 3.8) is 0 Å². The number of hydroxylamine groups is 2. The molecule has 3 unspecified atom stereocenters. The lowest BCUT2D eigenvalue weighted by Gasteiger charge is -2.25. The molecule has 0 aromatic carbocycles. The maximum Gasteiger partial charge on any atom is 0.263 e. The van der Waals surface area contributed by atoms with Crippen molar-refractivity contribution in [1.29, 1.82) is 0 Å². The molecule has 2 bridgehead atoms. The van der Waals surface area contributed by atoms with Gasteiger partial charge in [-0.3, -0.25) is 10.0 Å². The first kappa shape index (κ1) is 7.06. The quantitative estimate of drug-likeness (QED) is 0.468. The van der Waals surface area contributed by atoms with E-state index < -0.39 is 0 Å². The zero-order valence-corrected chi connectivity index (χ0v) is 6.45. The van der Waals surface area contributed by atoms with Crippen LogP contribution in [0.15, 0.2) is 0 Å². The van der Waals surface area contributed by atoms with Gasteiger partial charge in [-0.1, -0.05) is 6.92 Å². The lowest BCUT2D eigenvalue weighted by Crippen LogP contribution is -2.43. The third-order valence-electron chi connectivity index (χ3n) is 2.74. The molecular weight excluding hydrogens is 144 g/mol. The fraction of sp³-hybridized carbons (Fsp3) is 0.857. The van der Waals surface area contributed by atoms with Crippen LogP contribution in [0.4, 0.5) is 0 Å². The molecule has 0 radical (unpaired) electrons. The monoisotopic (exact) mass is 156 g/mol. The number of fused-ring (bicyclic) bond motifs is 2. The summed E-state index contributed by atoms with van der Waals surface area (Å²) in [5, 5.41) is 13.3. The maximum atomic E-state index is 11.2. The normalized spacial score (nSPS) is 43.3. The Morgan fingerprint density at radius 3 is 3.00 bits per heavy atom. The minimum atomic E-state index is -0.167. The lowest BCUT2D eigenvalue weighted by atomic mass is 9.93. The first-order chi connectivity index (χ1) is 5.22. The van der Waals surface area contributed by atoms with Crippen molar-refractivity contribution in [3.8, 4) is 0 Å². The molecule has 4 heteroatoms. The summed E-state index contributed by atoms with van der Waals surface area (Å²) < 4.78 is 0. The Hall–Kier alpha value is -0.610. The molecule has 2 aliphatic heterocycles. The van der Waals surface area contributed by atoms with Gasteiger partial charge in [-0.05, 0) is 13.0 Å². The highest BCUT2D eigenvalue weighted by Crippen LogP contribution is 2.29. The Bertz CT molecular complexity index is 195. The molecule has 2 N–H and O–H groups in total. The Kier molecular flexibility index (Phi) is 1.40. The molecule has 2 aliphatic rings. The average Bonchev–Trinajstić information content (AvgIpc) is 2.19. The van der Waals surface area contributed by atoms with E-state index in [0.29, 0.717) is 0 Å². The van der Waals surface area contributed by atoms with Crippen molar-refractivity contribution in [2.24, 2.45) is 5.92 Å². The Labute approximate surface area is 65.1 Å². The Morgan fingerprint density at radius 2 is 2.45 bits per heavy atom. The van der Waals surface area contributed by atoms with Crippen LogP contribution in [0.5, 0.6) is 0 Å². The van der Waals surface area contributed by atoms with Crippen LogP contribution in [0.3, 0.4) is 0 Å². The summed E-state index contributed by atoms with van der Waals surface area (Å²) in [6.45, 7) is 2.83. The summed E-state index contributed by atoms with van der Waals surface area (Å²) in [6.07, 6.45) is 0.861. The van der Waals surface area contributed by atoms with E-state index in [9.17, 15) is 10.0 Å². The number of amides is 1. The van der Waals surface area contributed by atoms with Gasteiger partial charge >= 0.3 is 0 Å². The van der Waals surface area contributed by atoms with Crippen LogP contribution in [0.1, 0.15) is 13.3 Å². The molecule has 11 heavy (non-hydrogen) atoms. The fourth-order valence-corrected chi connectivity index (χ4v) is 2.02. The molecule has 2 rings (SSSR count). The molecule has 2 saturated heterocycles. The van der Waals surface area contributed by atoms with Crippen LogP contribution in [-0.4, -0.2) is 34.8 Å². The zero-order chi connectivity index (χ0) is 8.01. The fourth-order valence-electron chi connectivity index (χ4n) is 2.02. The van der Waals surface area contributed by atoms with E-state index >= 15 is 0 Å². The van der Waals surface area contributed by atoms with E-state index in [-0.39, 0.29) is 23.9 Å². The highest BCUT2D eigenvalue weighted by Gasteiger charge is 2.47. The summed E-state index contributed by atoms with van der Waals surface area (Å²) in [6, 6.07) is -0.0903. The van der Waals surface area contributed by atoms with Crippen LogP contribution >= 0.6 is 0 Å². The second-order valence-corrected chi connectivity index (χ2v) is 3.33. The van der Waals surface area contributed by atoms with E-state index in [1.165, 1.54) is 0 Å². The summed E-state index contributed by atoms with van der Waals surface area (Å²) in [7, 11) is 0. The minimum Gasteiger partial charge on any atom is -0.305 e. The van der Waals surface area contributed by atoms with Gasteiger partial charge in [-0.15, -0.1) is 0 Å². The van der Waals surface area contributed by atoms with Crippen LogP contribution in [-0.2, 0) is 4.79 Å². The largest absolute Gasteiger partial charge is 0.305 e. The predicted molar refractivity (Wildman–Crippen MR) is 38.0 cm³/mol. The van der Waals surface area contributed by atoms with Gasteiger partial charge in [-0.25, -0.2) is 5.06 Å². The molecule has 1 amide bonds. The highest BCUT2D eigenvalue weighted by atomic mass is 16.5. The number of hydrogen-bond acceptors (Lipinski definition) is 3. The van der Waals surface area contributed by atoms with Gasteiger partial charge in [0.1, 0.15) is 0 Å². The van der Waals surface area contributed by atoms with Crippen LogP contribution in [0, 0.1) is 5.92 Å². The molecule has 3 atom stereocenters. The van der Waals surface area contributed by atoms with Crippen LogP contribution in [0.2, 0.25) is 0 Å². The molecule has 0 aromatic rings. The van der Waals surface area contributed by atoms with Crippen molar-refractivity contribution in [2.45, 2.75) is 25.4 Å². The number of carbonyl (C=O) groups is 1. The van der Waals surface area contributed by atoms with Crippen molar-refractivity contribution in [3.05, 3.63) is 0 Å². The second-order valence-electron chi connectivity index (χ2n) is 3.33. The SMILES string of the molecule is CC1C2NCCC1N(O)C2=O. The predicted octanol–water partition coefficient (Wildman–Crippen LogP) is -0.416. The number of carbonyl (C=O) groups excluding carboxylic acids is 1. The van der Waals surface area contributed by atoms with Crippen LogP contribution in [0.25, 0.3) is 0 Å². The van der Waals surface area contributed by atoms with Gasteiger partial charge < -0.3 is 5.32 Å². The molecule has 2 fully saturated rings. The summed E-state index contributed by atoms with van der Waals surface area (Å²) >= 11 is 0. The van der Waals surface area contributed by atoms with Crippen molar-refractivity contribution in [2.75, 3.05) is 6.54 Å². The summed E-state index contributed by atoms with van der Waals surface area (Å²) in [5.74, 6) is 0.0845. The standard InChI is InChI=1S/C7H12N2O2/c1-4-5-2-3-8-6(4)7(10)9(5)11/h4-6,8,11H,2-3H2,1H3. The van der Waals surface area contributed by atoms with Crippen molar-refractivity contribution >= 4 is 5.91 Å². The van der Waals surface area contributed by atoms with E-state index in [2.05, 4.69) is 5.32 Å². The first-order valence-electron chi connectivity index (χ1n) is 3.97. The molecule has 0 aromatic heterocycles. The third kappa shape index (κ3) is 0.795. The molecular formula is C7H12N2O2. The van der Waals surface area contributed by atoms with E-state index in [1.54, 1.807) is 0 Å². The maximum absolute atomic E-state index is 11.2. The van der Waals surface area contributed by atoms with Gasteiger partial charge in [0.05, 0.1) is 12.1 Å². The number of hydrogen-bond donors (Lipinski definition) is 2. The molecule has 4 nitrogen and oxygen atoms in total. The molecule has 0 aliphatic carbocycles. The Balaban J connectivity index is 2.28. The zero-order valence-electron chi connectivity index (χ0n) is 6.45. The minimum absolute atomic E-state index is 0.0498. The molecule has 0 saturated carbocycles. The van der Waals surface area contributed by atoms with Gasteiger partial charge in [-0.2, -0.15) is 0 Å². The number of nitrogens with zero attached hydrogens (tertiary/aromatic N) is 1. The van der Waals surface area contributed by atoms with Crippen LogP contribution < -0.4 is 5.32 Å². The van der Waals surface area contributed by atoms with Gasteiger partial charge in [0, 0.05) is 5.92 Å². The highest BCUT2D eigenvalue weighted by molar-refractivity contribution is 5.84. The van der Waals surface area contributed by atoms with Crippen molar-refractivity contribution in [1.82, 2.24) is 10.4 Å². The summed E-state index contributed by atoms with van der Waals surface area (Å²) in [4.78, 5) is 11.2. The van der Waals surface area contributed by atoms with Gasteiger partial charge in [0.2, 0.25) is 0 Å². The molecule has 2 heterocycles. The van der Waals surface area contributed by atoms with E-state index in [4.69, 9.17) is 0 Å². The molecule has 0 spiro atoms. The summed E-state index contributed by atoms with van der Waals surface area (Å²) in [5.41, 5.74) is 0. The van der Waals surface area contributed by atoms with Gasteiger partial charge in [0.25, 0.3) is 5.91 Å². The number of nitrogens with one attached hydrogen (secondary N) is 1. The number of piperidine rings is 1. The Morgan fingerprint density at radius 1 is 1.73 bits per heavy atom. The second kappa shape index (κ2) is 2.19. The van der Waals surface area contributed by atoms with Gasteiger partial charge in [0.15, 0.2) is 0 Å². The van der Waals surface area contributed by atoms with E-state index in [0.717, 1.165) is 18.0 Å². The third-order valence-corrected chi connectivity index (χ3v) is 2.74. The lowest BCUT2D eigenvalue weighted by molar-refractivity contribution is -0.165. The van der Waals surface area contributed by atoms with Crippen molar-refractivity contribution < 1.29 is 10.0 Å². The average molecular weight is 156 g/mol.